The van der Waals surface area contributed by atoms with Gasteiger partial charge in [-0.1, -0.05) is 18.6 Å². The van der Waals surface area contributed by atoms with Crippen LogP contribution in [0.3, 0.4) is 0 Å². The molecule has 1 saturated heterocycles. The third-order valence-electron chi connectivity index (χ3n) is 4.37. The second-order valence-corrected chi connectivity index (χ2v) is 6.35. The molecular formula is C18H26N4O4. The van der Waals surface area contributed by atoms with E-state index >= 15 is 0 Å². The number of rotatable bonds is 9. The summed E-state index contributed by atoms with van der Waals surface area (Å²) in [5.74, 6) is 0.0979. The molecular weight excluding hydrogens is 336 g/mol. The molecule has 1 heterocycles. The first-order valence-corrected chi connectivity index (χ1v) is 9.09. The molecule has 26 heavy (non-hydrogen) atoms. The molecule has 1 aromatic rings. The van der Waals surface area contributed by atoms with Crippen LogP contribution in [-0.4, -0.2) is 47.8 Å². The predicted octanol–water partition coefficient (Wildman–Crippen LogP) is 2.31. The average Bonchev–Trinajstić information content (AvgIpc) is 2.83. The van der Waals surface area contributed by atoms with Crippen LogP contribution < -0.4 is 10.6 Å². The van der Waals surface area contributed by atoms with Crippen molar-refractivity contribution < 1.29 is 14.5 Å². The maximum atomic E-state index is 11.9. The number of nitro benzene ring substituents is 1. The SMILES string of the molecule is O=C(CCNc1ccccc1[N+](=O)[O-])NCCCN1CCCCCC1=O. The standard InChI is InChI=1S/C18H26N4O4/c23-17(10-12-19-15-7-3-4-8-16(15)22(25)26)20-11-6-14-21-13-5-1-2-9-18(21)24/h3-4,7-8,19H,1-2,5-6,9-14H2,(H,20,23). The number of nitrogens with zero attached hydrogens (tertiary/aromatic N) is 2. The van der Waals surface area contributed by atoms with Crippen molar-refractivity contribution >= 4 is 23.2 Å². The summed E-state index contributed by atoms with van der Waals surface area (Å²) in [7, 11) is 0. The number of nitro groups is 1. The summed E-state index contributed by atoms with van der Waals surface area (Å²) in [6.07, 6.45) is 4.72. The Morgan fingerprint density at radius 2 is 2.00 bits per heavy atom. The molecule has 0 aliphatic carbocycles. The quantitative estimate of drug-likeness (QED) is 0.398. The van der Waals surface area contributed by atoms with Gasteiger partial charge in [0, 0.05) is 45.1 Å². The summed E-state index contributed by atoms with van der Waals surface area (Å²) in [5.41, 5.74) is 0.403. The third kappa shape index (κ3) is 6.34. The Morgan fingerprint density at radius 3 is 2.81 bits per heavy atom. The molecule has 8 nitrogen and oxygen atoms in total. The van der Waals surface area contributed by atoms with Crippen LogP contribution in [0.1, 0.15) is 38.5 Å². The van der Waals surface area contributed by atoms with E-state index < -0.39 is 4.92 Å². The van der Waals surface area contributed by atoms with Gasteiger partial charge in [-0.3, -0.25) is 19.7 Å². The van der Waals surface area contributed by atoms with E-state index in [0.29, 0.717) is 31.7 Å². The van der Waals surface area contributed by atoms with Crippen LogP contribution in [0.5, 0.6) is 0 Å². The van der Waals surface area contributed by atoms with Crippen molar-refractivity contribution in [3.8, 4) is 0 Å². The lowest BCUT2D eigenvalue weighted by atomic mass is 10.2. The second kappa shape index (κ2) is 10.4. The Bertz CT molecular complexity index is 635. The zero-order valence-corrected chi connectivity index (χ0v) is 14.9. The molecule has 2 rings (SSSR count). The van der Waals surface area contributed by atoms with Gasteiger partial charge in [0.25, 0.3) is 5.69 Å². The summed E-state index contributed by atoms with van der Waals surface area (Å²) >= 11 is 0. The number of benzene rings is 1. The van der Waals surface area contributed by atoms with Crippen molar-refractivity contribution in [1.29, 1.82) is 0 Å². The molecule has 0 aromatic heterocycles. The molecule has 0 unspecified atom stereocenters. The molecule has 2 amide bonds. The molecule has 0 atom stereocenters. The number of para-hydroxylation sites is 2. The van der Waals surface area contributed by atoms with Crippen LogP contribution in [0.25, 0.3) is 0 Å². The zero-order chi connectivity index (χ0) is 18.8. The third-order valence-corrected chi connectivity index (χ3v) is 4.37. The number of carbonyl (C=O) groups is 2. The van der Waals surface area contributed by atoms with E-state index in [2.05, 4.69) is 10.6 Å². The molecule has 0 radical (unpaired) electrons. The highest BCUT2D eigenvalue weighted by Gasteiger charge is 2.16. The van der Waals surface area contributed by atoms with Gasteiger partial charge >= 0.3 is 0 Å². The molecule has 8 heteroatoms. The molecule has 1 aliphatic rings. The van der Waals surface area contributed by atoms with Gasteiger partial charge in [-0.05, 0) is 25.3 Å². The normalized spacial score (nSPS) is 14.6. The Hall–Kier alpha value is -2.64. The van der Waals surface area contributed by atoms with E-state index in [4.69, 9.17) is 0 Å². The molecule has 0 saturated carbocycles. The van der Waals surface area contributed by atoms with Gasteiger partial charge < -0.3 is 15.5 Å². The average molecular weight is 362 g/mol. The molecule has 1 aromatic carbocycles. The van der Waals surface area contributed by atoms with E-state index in [-0.39, 0.29) is 23.9 Å². The number of hydrogen-bond acceptors (Lipinski definition) is 5. The zero-order valence-electron chi connectivity index (χ0n) is 14.9. The van der Waals surface area contributed by atoms with E-state index in [0.717, 1.165) is 32.2 Å². The van der Waals surface area contributed by atoms with E-state index in [1.165, 1.54) is 6.07 Å². The summed E-state index contributed by atoms with van der Waals surface area (Å²) in [5, 5.41) is 16.7. The summed E-state index contributed by atoms with van der Waals surface area (Å²) in [6, 6.07) is 6.35. The highest BCUT2D eigenvalue weighted by molar-refractivity contribution is 5.77. The van der Waals surface area contributed by atoms with Crippen molar-refractivity contribution in [3.63, 3.8) is 0 Å². The van der Waals surface area contributed by atoms with Crippen molar-refractivity contribution in [1.82, 2.24) is 10.2 Å². The second-order valence-electron chi connectivity index (χ2n) is 6.35. The van der Waals surface area contributed by atoms with Crippen LogP contribution in [0.2, 0.25) is 0 Å². The van der Waals surface area contributed by atoms with Crippen LogP contribution in [-0.2, 0) is 9.59 Å². The topological polar surface area (TPSA) is 105 Å². The van der Waals surface area contributed by atoms with Gasteiger partial charge in [-0.2, -0.15) is 0 Å². The first kappa shape index (κ1) is 19.7. The van der Waals surface area contributed by atoms with Gasteiger partial charge in [-0.15, -0.1) is 0 Å². The number of nitrogens with one attached hydrogen (secondary N) is 2. The Balaban J connectivity index is 1.62. The van der Waals surface area contributed by atoms with Gasteiger partial charge in [0.1, 0.15) is 5.69 Å². The molecule has 142 valence electrons. The lowest BCUT2D eigenvalue weighted by molar-refractivity contribution is -0.384. The van der Waals surface area contributed by atoms with E-state index in [1.54, 1.807) is 18.2 Å². The molecule has 0 bridgehead atoms. The summed E-state index contributed by atoms with van der Waals surface area (Å²) in [6.45, 7) is 2.33. The van der Waals surface area contributed by atoms with Crippen LogP contribution in [0.15, 0.2) is 24.3 Å². The fourth-order valence-electron chi connectivity index (χ4n) is 2.95. The first-order chi connectivity index (χ1) is 12.6. The van der Waals surface area contributed by atoms with Crippen molar-refractivity contribution in [2.45, 2.75) is 38.5 Å². The monoisotopic (exact) mass is 362 g/mol. The van der Waals surface area contributed by atoms with Gasteiger partial charge in [0.05, 0.1) is 4.92 Å². The van der Waals surface area contributed by atoms with Gasteiger partial charge in [-0.25, -0.2) is 0 Å². The number of anilines is 1. The van der Waals surface area contributed by atoms with E-state index in [9.17, 15) is 19.7 Å². The van der Waals surface area contributed by atoms with Gasteiger partial charge in [0.15, 0.2) is 0 Å². The molecule has 1 fully saturated rings. The highest BCUT2D eigenvalue weighted by Crippen LogP contribution is 2.22. The minimum Gasteiger partial charge on any atom is -0.379 e. The number of hydrogen-bond donors (Lipinski definition) is 2. The lowest BCUT2D eigenvalue weighted by Crippen LogP contribution is -2.34. The molecule has 0 spiro atoms. The number of likely N-dealkylation sites (tertiary alicyclic amines) is 1. The smallest absolute Gasteiger partial charge is 0.292 e. The number of amides is 2. The first-order valence-electron chi connectivity index (χ1n) is 9.09. The fraction of sp³-hybridized carbons (Fsp3) is 0.556. The Kier molecular flexibility index (Phi) is 7.85. The maximum absolute atomic E-state index is 11.9. The lowest BCUT2D eigenvalue weighted by Gasteiger charge is -2.20. The Morgan fingerprint density at radius 1 is 1.19 bits per heavy atom. The van der Waals surface area contributed by atoms with Gasteiger partial charge in [0.2, 0.25) is 11.8 Å². The summed E-state index contributed by atoms with van der Waals surface area (Å²) < 4.78 is 0. The fourth-order valence-corrected chi connectivity index (χ4v) is 2.95. The number of carbonyl (C=O) groups excluding carboxylic acids is 2. The van der Waals surface area contributed by atoms with Crippen molar-refractivity contribution in [3.05, 3.63) is 34.4 Å². The van der Waals surface area contributed by atoms with Crippen LogP contribution in [0.4, 0.5) is 11.4 Å². The van der Waals surface area contributed by atoms with Crippen LogP contribution >= 0.6 is 0 Å². The minimum atomic E-state index is -0.452. The summed E-state index contributed by atoms with van der Waals surface area (Å²) in [4.78, 5) is 36.1. The van der Waals surface area contributed by atoms with Crippen molar-refractivity contribution in [2.75, 3.05) is 31.5 Å². The molecule has 2 N–H and O–H groups in total. The molecule has 1 aliphatic heterocycles. The Labute approximate surface area is 153 Å². The van der Waals surface area contributed by atoms with Crippen molar-refractivity contribution in [2.24, 2.45) is 0 Å². The largest absolute Gasteiger partial charge is 0.379 e. The predicted molar refractivity (Wildman–Crippen MR) is 98.9 cm³/mol. The van der Waals surface area contributed by atoms with Crippen LogP contribution in [0, 0.1) is 10.1 Å². The highest BCUT2D eigenvalue weighted by atomic mass is 16.6. The minimum absolute atomic E-state index is 0.00461. The maximum Gasteiger partial charge on any atom is 0.292 e. The van der Waals surface area contributed by atoms with E-state index in [1.807, 2.05) is 4.90 Å².